The molecule has 6 rings (SSSR count). The molecule has 1 fully saturated rings. The number of halogens is 2. The lowest BCUT2D eigenvalue weighted by atomic mass is 10.0. The number of carbonyl (C=O) groups is 1. The first-order valence-electron chi connectivity index (χ1n) is 13.3. The van der Waals surface area contributed by atoms with E-state index in [-0.39, 0.29) is 0 Å². The molecule has 0 saturated heterocycles. The topological polar surface area (TPSA) is 81.7 Å². The van der Waals surface area contributed by atoms with Gasteiger partial charge in [-0.3, -0.25) is 9.48 Å². The highest BCUT2D eigenvalue weighted by Gasteiger charge is 2.33. The van der Waals surface area contributed by atoms with E-state index < -0.39 is 0 Å². The van der Waals surface area contributed by atoms with Crippen molar-refractivity contribution in [2.45, 2.75) is 72.3 Å². The molecule has 0 unspecified atom stereocenters. The summed E-state index contributed by atoms with van der Waals surface area (Å²) in [5, 5.41) is 11.1. The predicted molar refractivity (Wildman–Crippen MR) is 153 cm³/mol. The van der Waals surface area contributed by atoms with Gasteiger partial charge < -0.3 is 4.90 Å². The second kappa shape index (κ2) is 10.7. The second-order valence-corrected chi connectivity index (χ2v) is 10.9. The highest BCUT2D eigenvalue weighted by atomic mass is 35.5. The van der Waals surface area contributed by atoms with Crippen LogP contribution < -0.4 is 4.90 Å². The van der Waals surface area contributed by atoms with Crippen LogP contribution in [-0.2, 0) is 24.8 Å². The van der Waals surface area contributed by atoms with Gasteiger partial charge in [0.05, 0.1) is 22.6 Å². The Labute approximate surface area is 233 Å². The van der Waals surface area contributed by atoms with Crippen molar-refractivity contribution in [3.63, 3.8) is 0 Å². The van der Waals surface area contributed by atoms with Crippen LogP contribution in [0, 0.1) is 13.8 Å². The van der Waals surface area contributed by atoms with Crippen LogP contribution in [0.4, 0.5) is 5.82 Å². The van der Waals surface area contributed by atoms with Crippen molar-refractivity contribution in [2.24, 2.45) is 7.05 Å². The fourth-order valence-corrected chi connectivity index (χ4v) is 5.71. The molecule has 1 aromatic carbocycles. The Hall–Kier alpha value is -2.97. The van der Waals surface area contributed by atoms with Crippen LogP contribution in [-0.4, -0.2) is 42.5 Å². The summed E-state index contributed by atoms with van der Waals surface area (Å²) in [5.41, 5.74) is 6.19. The summed E-state index contributed by atoms with van der Waals surface area (Å²) in [6.45, 7) is 9.58. The summed E-state index contributed by atoms with van der Waals surface area (Å²) in [4.78, 5) is 23.3. The van der Waals surface area contributed by atoms with E-state index in [9.17, 15) is 4.79 Å². The smallest absolute Gasteiger partial charge is 0.234 e. The van der Waals surface area contributed by atoms with Gasteiger partial charge >= 0.3 is 0 Å². The van der Waals surface area contributed by atoms with Gasteiger partial charge in [0, 0.05) is 49.0 Å². The van der Waals surface area contributed by atoms with E-state index in [1.165, 1.54) is 17.5 Å². The van der Waals surface area contributed by atoms with Gasteiger partial charge in [-0.25, -0.2) is 14.6 Å². The number of carbonyl (C=O) groups excluding carboxylic acids is 1. The van der Waals surface area contributed by atoms with Crippen LogP contribution in [0.2, 0.25) is 10.2 Å². The van der Waals surface area contributed by atoms with Crippen molar-refractivity contribution in [1.82, 2.24) is 29.5 Å². The normalized spacial score (nSPS) is 14.9. The molecule has 10 heteroatoms. The molecule has 3 aromatic heterocycles. The maximum Gasteiger partial charge on any atom is 0.234 e. The van der Waals surface area contributed by atoms with Gasteiger partial charge in [-0.1, -0.05) is 56.0 Å². The molecule has 0 amide bonds. The largest absolute Gasteiger partial charge is 0.351 e. The fourth-order valence-electron chi connectivity index (χ4n) is 5.02. The van der Waals surface area contributed by atoms with Crippen molar-refractivity contribution in [1.29, 1.82) is 0 Å². The number of benzene rings is 1. The second-order valence-electron chi connectivity index (χ2n) is 10.1. The van der Waals surface area contributed by atoms with Gasteiger partial charge in [0.15, 0.2) is 5.82 Å². The summed E-state index contributed by atoms with van der Waals surface area (Å²) in [7, 11) is 1.94. The lowest BCUT2D eigenvalue weighted by Gasteiger charge is -2.30. The SMILES string of the molecule is CCCC.Cc1ccc2c(c(C)nn2C=O)c1-c1nc(Cl)c2c(n1)CCN(c1c(Cl)c(C3CC3)nn1C)C2. The zero-order valence-corrected chi connectivity index (χ0v) is 24.1. The minimum absolute atomic E-state index is 0.433. The van der Waals surface area contributed by atoms with Crippen LogP contribution in [0.15, 0.2) is 12.1 Å². The molecule has 0 radical (unpaired) electrons. The molecule has 0 spiro atoms. The van der Waals surface area contributed by atoms with Crippen molar-refractivity contribution in [2.75, 3.05) is 11.4 Å². The molecule has 4 aromatic rings. The minimum Gasteiger partial charge on any atom is -0.351 e. The zero-order chi connectivity index (χ0) is 27.1. The molecule has 4 heterocycles. The molecule has 0 bridgehead atoms. The average Bonchev–Trinajstić information content (AvgIpc) is 3.64. The zero-order valence-electron chi connectivity index (χ0n) is 22.6. The fraction of sp³-hybridized carbons (Fsp3) is 0.464. The molecular formula is C28H33Cl2N7O. The van der Waals surface area contributed by atoms with Crippen LogP contribution in [0.1, 0.15) is 73.7 Å². The van der Waals surface area contributed by atoms with Gasteiger partial charge in [-0.2, -0.15) is 10.2 Å². The first-order chi connectivity index (χ1) is 18.3. The lowest BCUT2D eigenvalue weighted by molar-refractivity contribution is 0.542. The molecule has 38 heavy (non-hydrogen) atoms. The first-order valence-corrected chi connectivity index (χ1v) is 14.0. The van der Waals surface area contributed by atoms with E-state index in [1.54, 1.807) is 0 Å². The molecular weight excluding hydrogens is 521 g/mol. The summed E-state index contributed by atoms with van der Waals surface area (Å²) in [6, 6.07) is 3.85. The van der Waals surface area contributed by atoms with Gasteiger partial charge in [0.2, 0.25) is 6.41 Å². The molecule has 1 aliphatic carbocycles. The van der Waals surface area contributed by atoms with Crippen molar-refractivity contribution in [3.05, 3.63) is 50.5 Å². The Morgan fingerprint density at radius 2 is 1.82 bits per heavy atom. The number of fused-ring (bicyclic) bond motifs is 2. The highest BCUT2D eigenvalue weighted by Crippen LogP contribution is 2.46. The number of aryl methyl sites for hydroxylation is 3. The maximum atomic E-state index is 11.5. The molecule has 0 atom stereocenters. The van der Waals surface area contributed by atoms with Gasteiger partial charge in [0.25, 0.3) is 0 Å². The number of hydrogen-bond donors (Lipinski definition) is 0. The maximum absolute atomic E-state index is 11.5. The van der Waals surface area contributed by atoms with Crippen molar-refractivity contribution >= 4 is 46.3 Å². The molecule has 8 nitrogen and oxygen atoms in total. The van der Waals surface area contributed by atoms with E-state index >= 15 is 0 Å². The number of nitrogens with zero attached hydrogens (tertiary/aromatic N) is 7. The molecule has 1 aliphatic heterocycles. The number of aromatic nitrogens is 6. The average molecular weight is 555 g/mol. The highest BCUT2D eigenvalue weighted by molar-refractivity contribution is 6.34. The summed E-state index contributed by atoms with van der Waals surface area (Å²) < 4.78 is 3.22. The standard InChI is InChI=1S/C24H23Cl2N7O.C4H10/c1-12-4-7-17-19(13(2)29-33(17)11-34)18(12)23-27-16-8-9-32(10-15(16)22(26)28-23)24-20(25)21(14-5-6-14)30-31(24)3;1-3-4-2/h4,7,11,14H,5-6,8-10H2,1-3H3;3-4H2,1-2H3. The number of rotatable bonds is 5. The first kappa shape index (κ1) is 26.6. The van der Waals surface area contributed by atoms with Crippen LogP contribution in [0.5, 0.6) is 0 Å². The third-order valence-corrected chi connectivity index (χ3v) is 8.02. The molecule has 1 saturated carbocycles. The van der Waals surface area contributed by atoms with E-state index in [1.807, 2.05) is 37.7 Å². The van der Waals surface area contributed by atoms with Crippen LogP contribution in [0.3, 0.4) is 0 Å². The van der Waals surface area contributed by atoms with E-state index in [2.05, 4.69) is 28.9 Å². The van der Waals surface area contributed by atoms with E-state index in [0.29, 0.717) is 36.3 Å². The van der Waals surface area contributed by atoms with Crippen LogP contribution in [0.25, 0.3) is 22.3 Å². The predicted octanol–water partition coefficient (Wildman–Crippen LogP) is 6.44. The van der Waals surface area contributed by atoms with Crippen molar-refractivity contribution < 1.29 is 4.79 Å². The van der Waals surface area contributed by atoms with Gasteiger partial charge in [-0.15, -0.1) is 0 Å². The number of unbranched alkanes of at least 4 members (excludes halogenated alkanes) is 1. The summed E-state index contributed by atoms with van der Waals surface area (Å²) in [6.07, 6.45) is 6.37. The lowest BCUT2D eigenvalue weighted by Crippen LogP contribution is -2.33. The molecule has 200 valence electrons. The van der Waals surface area contributed by atoms with Gasteiger partial charge in [0.1, 0.15) is 16.0 Å². The quantitative estimate of drug-likeness (QED) is 0.209. The number of anilines is 1. The Balaban J connectivity index is 0.000000689. The van der Waals surface area contributed by atoms with E-state index in [4.69, 9.17) is 33.2 Å². The minimum atomic E-state index is 0.433. The Kier molecular flexibility index (Phi) is 7.47. The Morgan fingerprint density at radius 1 is 1.08 bits per heavy atom. The van der Waals surface area contributed by atoms with Crippen LogP contribution >= 0.6 is 23.2 Å². The third kappa shape index (κ3) is 4.69. The third-order valence-electron chi connectivity index (χ3n) is 7.34. The Bertz CT molecular complexity index is 1520. The molecule has 0 N–H and O–H groups in total. The number of hydrogen-bond acceptors (Lipinski definition) is 6. The van der Waals surface area contributed by atoms with Crippen molar-refractivity contribution in [3.8, 4) is 11.4 Å². The Morgan fingerprint density at radius 3 is 2.47 bits per heavy atom. The summed E-state index contributed by atoms with van der Waals surface area (Å²) in [5.74, 6) is 1.97. The van der Waals surface area contributed by atoms with E-state index in [0.717, 1.165) is 74.9 Å². The molecule has 2 aliphatic rings. The monoisotopic (exact) mass is 553 g/mol. The summed E-state index contributed by atoms with van der Waals surface area (Å²) >= 11 is 13.5. The van der Waals surface area contributed by atoms with Gasteiger partial charge in [-0.05, 0) is 38.3 Å².